The molecule has 0 bridgehead atoms. The number of aromatic nitrogens is 2. The SMILES string of the molecule is CCn1c(=O)c(C(=O)CN2CC(=O)Nc3ccccc32)c(N)n(Cc2ccccc2)c1=O. The number of amides is 1. The lowest BCUT2D eigenvalue weighted by molar-refractivity contribution is -0.115. The van der Waals surface area contributed by atoms with E-state index in [4.69, 9.17) is 5.73 Å². The lowest BCUT2D eigenvalue weighted by Crippen LogP contribution is -2.46. The van der Waals surface area contributed by atoms with E-state index in [-0.39, 0.29) is 43.5 Å². The van der Waals surface area contributed by atoms with Crippen LogP contribution in [0.4, 0.5) is 17.2 Å². The van der Waals surface area contributed by atoms with E-state index in [9.17, 15) is 19.2 Å². The smallest absolute Gasteiger partial charge is 0.332 e. The molecular weight excluding hydrogens is 410 g/mol. The zero-order chi connectivity index (χ0) is 22.8. The van der Waals surface area contributed by atoms with Gasteiger partial charge in [0.25, 0.3) is 5.56 Å². The van der Waals surface area contributed by atoms with Crippen LogP contribution in [-0.4, -0.2) is 33.9 Å². The molecule has 2 heterocycles. The monoisotopic (exact) mass is 433 g/mol. The van der Waals surface area contributed by atoms with Crippen molar-refractivity contribution in [3.8, 4) is 0 Å². The van der Waals surface area contributed by atoms with Gasteiger partial charge in [0, 0.05) is 6.54 Å². The van der Waals surface area contributed by atoms with Crippen molar-refractivity contribution in [2.45, 2.75) is 20.0 Å². The molecule has 4 rings (SSSR count). The quantitative estimate of drug-likeness (QED) is 0.566. The Kier molecular flexibility index (Phi) is 5.63. The van der Waals surface area contributed by atoms with Gasteiger partial charge in [0.05, 0.1) is 31.0 Å². The Morgan fingerprint density at radius 1 is 1.00 bits per heavy atom. The average molecular weight is 433 g/mol. The molecule has 3 N–H and O–H groups in total. The van der Waals surface area contributed by atoms with E-state index < -0.39 is 17.0 Å². The standard InChI is InChI=1S/C23H23N5O4/c1-2-27-22(31)20(21(24)28(23(27)32)12-15-8-4-3-5-9-15)18(29)13-26-14-19(30)25-16-10-6-7-11-17(16)26/h3-11H,2,12-14,24H2,1H3,(H,25,30). The number of hydrogen-bond donors (Lipinski definition) is 2. The Bertz CT molecular complexity index is 1310. The van der Waals surface area contributed by atoms with Crippen LogP contribution in [0.5, 0.6) is 0 Å². The van der Waals surface area contributed by atoms with Crippen LogP contribution < -0.4 is 27.2 Å². The average Bonchev–Trinajstić information content (AvgIpc) is 2.77. The molecule has 0 spiro atoms. The first kappa shape index (κ1) is 21.1. The van der Waals surface area contributed by atoms with Crippen LogP contribution in [-0.2, 0) is 17.9 Å². The topological polar surface area (TPSA) is 119 Å². The van der Waals surface area contributed by atoms with E-state index in [1.54, 1.807) is 36.1 Å². The Morgan fingerprint density at radius 2 is 1.69 bits per heavy atom. The molecule has 1 aliphatic rings. The maximum atomic E-state index is 13.3. The maximum Gasteiger partial charge on any atom is 0.332 e. The predicted octanol–water partition coefficient (Wildman–Crippen LogP) is 1.30. The van der Waals surface area contributed by atoms with Crippen molar-refractivity contribution in [2.75, 3.05) is 29.0 Å². The maximum absolute atomic E-state index is 13.3. The summed E-state index contributed by atoms with van der Waals surface area (Å²) in [5.41, 5.74) is 6.75. The summed E-state index contributed by atoms with van der Waals surface area (Å²) in [5.74, 6) is -0.987. The highest BCUT2D eigenvalue weighted by atomic mass is 16.2. The van der Waals surface area contributed by atoms with Gasteiger partial charge in [0.15, 0.2) is 5.78 Å². The Labute approximate surface area is 183 Å². The number of rotatable bonds is 6. The molecule has 0 saturated carbocycles. The second-order valence-corrected chi connectivity index (χ2v) is 7.51. The molecule has 164 valence electrons. The van der Waals surface area contributed by atoms with E-state index in [0.29, 0.717) is 11.4 Å². The number of hydrogen-bond acceptors (Lipinski definition) is 6. The van der Waals surface area contributed by atoms with Crippen molar-refractivity contribution in [1.82, 2.24) is 9.13 Å². The number of nitrogens with two attached hydrogens (primary N) is 1. The minimum atomic E-state index is -0.723. The third kappa shape index (κ3) is 3.80. The van der Waals surface area contributed by atoms with Gasteiger partial charge < -0.3 is 16.0 Å². The van der Waals surface area contributed by atoms with Crippen LogP contribution in [0.3, 0.4) is 0 Å². The zero-order valence-electron chi connectivity index (χ0n) is 17.6. The molecule has 9 heteroatoms. The fraction of sp³-hybridized carbons (Fsp3) is 0.217. The number of carbonyl (C=O) groups excluding carboxylic acids is 2. The second-order valence-electron chi connectivity index (χ2n) is 7.51. The first-order valence-corrected chi connectivity index (χ1v) is 10.2. The number of nitrogen functional groups attached to an aromatic ring is 1. The van der Waals surface area contributed by atoms with Gasteiger partial charge in [-0.25, -0.2) is 4.79 Å². The number of nitrogens with zero attached hydrogens (tertiary/aromatic N) is 3. The molecule has 0 aliphatic carbocycles. The van der Waals surface area contributed by atoms with Crippen LogP contribution in [0.25, 0.3) is 0 Å². The highest BCUT2D eigenvalue weighted by Crippen LogP contribution is 2.28. The molecule has 1 amide bonds. The summed E-state index contributed by atoms with van der Waals surface area (Å²) in [6.07, 6.45) is 0. The van der Waals surface area contributed by atoms with Crippen LogP contribution in [0.2, 0.25) is 0 Å². The van der Waals surface area contributed by atoms with Gasteiger partial charge in [0.1, 0.15) is 11.4 Å². The Balaban J connectivity index is 1.76. The number of anilines is 3. The number of benzene rings is 2. The Morgan fingerprint density at radius 3 is 2.41 bits per heavy atom. The highest BCUT2D eigenvalue weighted by molar-refractivity contribution is 6.06. The summed E-state index contributed by atoms with van der Waals surface area (Å²) in [4.78, 5) is 52.8. The molecule has 2 aromatic carbocycles. The molecule has 1 aliphatic heterocycles. The third-order valence-electron chi connectivity index (χ3n) is 5.43. The molecule has 0 fully saturated rings. The second kappa shape index (κ2) is 8.54. The molecule has 32 heavy (non-hydrogen) atoms. The lowest BCUT2D eigenvalue weighted by atomic mass is 10.1. The zero-order valence-corrected chi connectivity index (χ0v) is 17.6. The van der Waals surface area contributed by atoms with Gasteiger partial charge >= 0.3 is 5.69 Å². The number of carbonyl (C=O) groups is 2. The molecule has 9 nitrogen and oxygen atoms in total. The minimum absolute atomic E-state index is 0.0335. The molecule has 0 atom stereocenters. The molecular formula is C23H23N5O4. The third-order valence-corrected chi connectivity index (χ3v) is 5.43. The van der Waals surface area contributed by atoms with Gasteiger partial charge in [-0.05, 0) is 24.6 Å². The van der Waals surface area contributed by atoms with E-state index in [1.165, 1.54) is 4.57 Å². The summed E-state index contributed by atoms with van der Waals surface area (Å²) in [6, 6.07) is 16.3. The van der Waals surface area contributed by atoms with E-state index in [0.717, 1.165) is 10.1 Å². The van der Waals surface area contributed by atoms with Crippen molar-refractivity contribution in [2.24, 2.45) is 0 Å². The normalized spacial score (nSPS) is 12.9. The van der Waals surface area contributed by atoms with Crippen molar-refractivity contribution in [3.63, 3.8) is 0 Å². The fourth-order valence-corrected chi connectivity index (χ4v) is 3.87. The first-order valence-electron chi connectivity index (χ1n) is 10.2. The van der Waals surface area contributed by atoms with Crippen LogP contribution in [0.15, 0.2) is 64.2 Å². The largest absolute Gasteiger partial charge is 0.384 e. The summed E-state index contributed by atoms with van der Waals surface area (Å²) >= 11 is 0. The van der Waals surface area contributed by atoms with E-state index in [1.807, 2.05) is 30.3 Å². The number of para-hydroxylation sites is 2. The molecule has 3 aromatic rings. The summed E-state index contributed by atoms with van der Waals surface area (Å²) in [6.45, 7) is 1.62. The molecule has 1 aromatic heterocycles. The summed E-state index contributed by atoms with van der Waals surface area (Å²) in [5, 5.41) is 2.76. The summed E-state index contributed by atoms with van der Waals surface area (Å²) in [7, 11) is 0. The number of nitrogens with one attached hydrogen (secondary N) is 1. The van der Waals surface area contributed by atoms with E-state index >= 15 is 0 Å². The Hall–Kier alpha value is -4.14. The van der Waals surface area contributed by atoms with Crippen molar-refractivity contribution in [3.05, 3.63) is 86.6 Å². The predicted molar refractivity (Wildman–Crippen MR) is 122 cm³/mol. The van der Waals surface area contributed by atoms with Gasteiger partial charge in [-0.15, -0.1) is 0 Å². The van der Waals surface area contributed by atoms with Gasteiger partial charge in [-0.3, -0.25) is 23.5 Å². The van der Waals surface area contributed by atoms with Crippen LogP contribution >= 0.6 is 0 Å². The number of fused-ring (bicyclic) bond motifs is 1. The first-order chi connectivity index (χ1) is 15.4. The molecule has 0 saturated heterocycles. The van der Waals surface area contributed by atoms with E-state index in [2.05, 4.69) is 5.32 Å². The minimum Gasteiger partial charge on any atom is -0.384 e. The molecule has 0 unspecified atom stereocenters. The van der Waals surface area contributed by atoms with Crippen LogP contribution in [0.1, 0.15) is 22.8 Å². The fourth-order valence-electron chi connectivity index (χ4n) is 3.87. The van der Waals surface area contributed by atoms with Crippen molar-refractivity contribution >= 4 is 28.9 Å². The van der Waals surface area contributed by atoms with Crippen LogP contribution in [0, 0.1) is 0 Å². The van der Waals surface area contributed by atoms with Crippen molar-refractivity contribution < 1.29 is 9.59 Å². The number of Topliss-reactive ketones (excluding diaryl/α,β-unsaturated/α-hetero) is 1. The van der Waals surface area contributed by atoms with Gasteiger partial charge in [-0.1, -0.05) is 42.5 Å². The highest BCUT2D eigenvalue weighted by Gasteiger charge is 2.28. The lowest BCUT2D eigenvalue weighted by Gasteiger charge is -2.30. The number of ketones is 1. The van der Waals surface area contributed by atoms with Gasteiger partial charge in [-0.2, -0.15) is 0 Å². The molecule has 0 radical (unpaired) electrons. The van der Waals surface area contributed by atoms with Gasteiger partial charge in [0.2, 0.25) is 5.91 Å². The van der Waals surface area contributed by atoms with Crippen molar-refractivity contribution in [1.29, 1.82) is 0 Å². The summed E-state index contributed by atoms with van der Waals surface area (Å²) < 4.78 is 2.24.